The van der Waals surface area contributed by atoms with Gasteiger partial charge < -0.3 is 4.74 Å². The highest BCUT2D eigenvalue weighted by molar-refractivity contribution is 5.81. The summed E-state index contributed by atoms with van der Waals surface area (Å²) in [6, 6.07) is 5.74. The minimum absolute atomic E-state index is 0.253. The third-order valence-electron chi connectivity index (χ3n) is 5.16. The van der Waals surface area contributed by atoms with Crippen LogP contribution < -0.4 is 0 Å². The van der Waals surface area contributed by atoms with Gasteiger partial charge in [-0.3, -0.25) is 4.79 Å². The van der Waals surface area contributed by atoms with E-state index in [0.29, 0.717) is 12.1 Å². The molecule has 0 amide bonds. The van der Waals surface area contributed by atoms with Crippen LogP contribution in [0.25, 0.3) is 0 Å². The number of aromatic nitrogens is 4. The molecule has 0 saturated heterocycles. The summed E-state index contributed by atoms with van der Waals surface area (Å²) in [6.07, 6.45) is 12.6. The SMILES string of the molecule is CCCCCCCCCCCCn1nnc(C(C(=O)OCC)c2ccc(F)cc2)n1. The Bertz CT molecular complexity index is 733. The van der Waals surface area contributed by atoms with Crippen molar-refractivity contribution in [1.82, 2.24) is 20.2 Å². The number of rotatable bonds is 15. The van der Waals surface area contributed by atoms with Gasteiger partial charge in [0, 0.05) is 0 Å². The van der Waals surface area contributed by atoms with Crippen LogP contribution in [0.4, 0.5) is 4.39 Å². The van der Waals surface area contributed by atoms with Gasteiger partial charge in [0.25, 0.3) is 0 Å². The number of esters is 1. The summed E-state index contributed by atoms with van der Waals surface area (Å²) < 4.78 is 18.4. The number of carbonyl (C=O) groups is 1. The monoisotopic (exact) mass is 418 g/mol. The van der Waals surface area contributed by atoms with Gasteiger partial charge in [-0.05, 0) is 36.3 Å². The van der Waals surface area contributed by atoms with E-state index in [0.717, 1.165) is 12.8 Å². The summed E-state index contributed by atoms with van der Waals surface area (Å²) >= 11 is 0. The largest absolute Gasteiger partial charge is 0.465 e. The van der Waals surface area contributed by atoms with Crippen LogP contribution in [0.1, 0.15) is 95.4 Å². The molecule has 2 rings (SSSR count). The lowest BCUT2D eigenvalue weighted by molar-refractivity contribution is -0.144. The zero-order valence-electron chi connectivity index (χ0n) is 18.4. The highest BCUT2D eigenvalue weighted by atomic mass is 19.1. The number of nitrogens with zero attached hydrogens (tertiary/aromatic N) is 4. The summed E-state index contributed by atoms with van der Waals surface area (Å²) in [6.45, 7) is 4.91. The number of hydrogen-bond donors (Lipinski definition) is 0. The molecule has 0 aliphatic rings. The number of benzene rings is 1. The number of tetrazole rings is 1. The van der Waals surface area contributed by atoms with E-state index in [2.05, 4.69) is 22.3 Å². The van der Waals surface area contributed by atoms with Crippen molar-refractivity contribution in [3.05, 3.63) is 41.5 Å². The molecule has 0 bridgehead atoms. The number of ether oxygens (including phenoxy) is 1. The standard InChI is InChI=1S/C23H35FN4O2/c1-3-5-6-7-8-9-10-11-12-13-18-28-26-22(25-27-28)21(23(29)30-4-2)19-14-16-20(24)17-15-19/h14-17,21H,3-13,18H2,1-2H3. The van der Waals surface area contributed by atoms with Gasteiger partial charge in [-0.1, -0.05) is 76.8 Å². The van der Waals surface area contributed by atoms with E-state index in [-0.39, 0.29) is 18.2 Å². The Kier molecular flexibility index (Phi) is 11.0. The average molecular weight is 419 g/mol. The third-order valence-corrected chi connectivity index (χ3v) is 5.16. The second kappa shape index (κ2) is 13.8. The maximum Gasteiger partial charge on any atom is 0.321 e. The van der Waals surface area contributed by atoms with Crippen LogP contribution in [0.2, 0.25) is 0 Å². The van der Waals surface area contributed by atoms with Gasteiger partial charge in [-0.2, -0.15) is 4.80 Å². The maximum absolute atomic E-state index is 13.3. The van der Waals surface area contributed by atoms with Crippen molar-refractivity contribution in [2.24, 2.45) is 0 Å². The fourth-order valence-corrected chi connectivity index (χ4v) is 3.48. The fraction of sp³-hybridized carbons (Fsp3) is 0.652. The summed E-state index contributed by atoms with van der Waals surface area (Å²) in [4.78, 5) is 14.0. The van der Waals surface area contributed by atoms with Gasteiger partial charge in [0.05, 0.1) is 13.2 Å². The van der Waals surface area contributed by atoms with Crippen molar-refractivity contribution in [1.29, 1.82) is 0 Å². The average Bonchev–Trinajstić information content (AvgIpc) is 3.19. The van der Waals surface area contributed by atoms with Crippen LogP contribution in [0, 0.1) is 5.82 Å². The summed E-state index contributed by atoms with van der Waals surface area (Å²) in [5.41, 5.74) is 0.591. The summed E-state index contributed by atoms with van der Waals surface area (Å²) in [5.74, 6) is -1.33. The fourth-order valence-electron chi connectivity index (χ4n) is 3.48. The topological polar surface area (TPSA) is 69.9 Å². The Balaban J connectivity index is 1.80. The molecule has 2 aromatic rings. The Morgan fingerprint density at radius 2 is 1.57 bits per heavy atom. The molecule has 7 heteroatoms. The smallest absolute Gasteiger partial charge is 0.321 e. The normalized spacial score (nSPS) is 12.1. The molecule has 6 nitrogen and oxygen atoms in total. The number of hydrogen-bond acceptors (Lipinski definition) is 5. The Morgan fingerprint density at radius 3 is 2.17 bits per heavy atom. The molecular formula is C23H35FN4O2. The quantitative estimate of drug-likeness (QED) is 0.285. The Morgan fingerprint density at radius 1 is 0.967 bits per heavy atom. The number of carbonyl (C=O) groups excluding carboxylic acids is 1. The van der Waals surface area contributed by atoms with E-state index in [1.54, 1.807) is 19.1 Å². The second-order valence-electron chi connectivity index (χ2n) is 7.66. The molecule has 0 aliphatic carbocycles. The van der Waals surface area contributed by atoms with E-state index in [9.17, 15) is 9.18 Å². The van der Waals surface area contributed by atoms with Crippen LogP contribution in [0.3, 0.4) is 0 Å². The number of halogens is 1. The molecule has 0 fully saturated rings. The van der Waals surface area contributed by atoms with E-state index < -0.39 is 11.9 Å². The summed E-state index contributed by atoms with van der Waals surface area (Å²) in [7, 11) is 0. The maximum atomic E-state index is 13.3. The first-order valence-corrected chi connectivity index (χ1v) is 11.4. The highest BCUT2D eigenvalue weighted by Crippen LogP contribution is 2.23. The van der Waals surface area contributed by atoms with E-state index in [1.807, 2.05) is 0 Å². The lowest BCUT2D eigenvalue weighted by atomic mass is 9.98. The second-order valence-corrected chi connectivity index (χ2v) is 7.66. The first-order chi connectivity index (χ1) is 14.7. The van der Waals surface area contributed by atoms with Crippen molar-refractivity contribution in [3.8, 4) is 0 Å². The molecule has 0 aliphatic heterocycles. The van der Waals surface area contributed by atoms with Gasteiger partial charge in [0.2, 0.25) is 0 Å². The van der Waals surface area contributed by atoms with Gasteiger partial charge in [-0.15, -0.1) is 10.2 Å². The molecule has 1 atom stereocenters. The zero-order valence-corrected chi connectivity index (χ0v) is 18.4. The van der Waals surface area contributed by atoms with E-state index in [4.69, 9.17) is 4.74 Å². The first kappa shape index (κ1) is 24.0. The first-order valence-electron chi connectivity index (χ1n) is 11.4. The zero-order chi connectivity index (χ0) is 21.6. The minimum atomic E-state index is -0.799. The Hall–Kier alpha value is -2.31. The molecule has 30 heavy (non-hydrogen) atoms. The van der Waals surface area contributed by atoms with Crippen molar-refractivity contribution in [2.75, 3.05) is 6.61 Å². The van der Waals surface area contributed by atoms with Gasteiger partial charge >= 0.3 is 5.97 Å². The van der Waals surface area contributed by atoms with E-state index >= 15 is 0 Å². The minimum Gasteiger partial charge on any atom is -0.465 e. The van der Waals surface area contributed by atoms with Gasteiger partial charge in [-0.25, -0.2) is 4.39 Å². The summed E-state index contributed by atoms with van der Waals surface area (Å²) in [5, 5.41) is 12.6. The predicted molar refractivity (Wildman–Crippen MR) is 115 cm³/mol. The van der Waals surface area contributed by atoms with Crippen LogP contribution >= 0.6 is 0 Å². The molecule has 166 valence electrons. The number of unbranched alkanes of at least 4 members (excludes halogenated alkanes) is 9. The lowest BCUT2D eigenvalue weighted by Crippen LogP contribution is -2.19. The van der Waals surface area contributed by atoms with Crippen molar-refractivity contribution < 1.29 is 13.9 Å². The van der Waals surface area contributed by atoms with Crippen LogP contribution in [0.15, 0.2) is 24.3 Å². The van der Waals surface area contributed by atoms with Gasteiger partial charge in [0.1, 0.15) is 11.7 Å². The molecule has 0 saturated carbocycles. The molecule has 0 spiro atoms. The van der Waals surface area contributed by atoms with Crippen molar-refractivity contribution >= 4 is 5.97 Å². The molecule has 1 aromatic heterocycles. The molecule has 0 N–H and O–H groups in total. The van der Waals surface area contributed by atoms with Crippen molar-refractivity contribution in [3.63, 3.8) is 0 Å². The molecular weight excluding hydrogens is 383 g/mol. The van der Waals surface area contributed by atoms with Gasteiger partial charge in [0.15, 0.2) is 5.82 Å². The lowest BCUT2D eigenvalue weighted by Gasteiger charge is -2.12. The van der Waals surface area contributed by atoms with E-state index in [1.165, 1.54) is 68.3 Å². The molecule has 1 unspecified atom stereocenters. The molecule has 1 aromatic carbocycles. The Labute approximate surface area is 179 Å². The van der Waals surface area contributed by atoms with Crippen LogP contribution in [0.5, 0.6) is 0 Å². The molecule has 0 radical (unpaired) electrons. The number of aryl methyl sites for hydroxylation is 1. The van der Waals surface area contributed by atoms with Crippen LogP contribution in [-0.2, 0) is 16.1 Å². The third kappa shape index (κ3) is 8.20. The molecule has 1 heterocycles. The van der Waals surface area contributed by atoms with Crippen molar-refractivity contribution in [2.45, 2.75) is 90.5 Å². The highest BCUT2D eigenvalue weighted by Gasteiger charge is 2.28. The van der Waals surface area contributed by atoms with Crippen LogP contribution in [-0.4, -0.2) is 32.8 Å². The predicted octanol–water partition coefficient (Wildman–Crippen LogP) is 5.43.